The number of amides is 1. The number of benzene rings is 1. The highest BCUT2D eigenvalue weighted by Gasteiger charge is 2.16. The zero-order valence-electron chi connectivity index (χ0n) is 8.27. The van der Waals surface area contributed by atoms with Gasteiger partial charge in [-0.2, -0.15) is 0 Å². The first-order valence-electron chi connectivity index (χ1n) is 4.81. The summed E-state index contributed by atoms with van der Waals surface area (Å²) in [6.07, 6.45) is 1.57. The maximum absolute atomic E-state index is 11.2. The molecule has 16 heavy (non-hydrogen) atoms. The number of nitrogens with one attached hydrogen (secondary N) is 1. The molecule has 0 saturated carbocycles. The fourth-order valence-electron chi connectivity index (χ4n) is 1.60. The van der Waals surface area contributed by atoms with Crippen LogP contribution in [0.1, 0.15) is 0 Å². The Morgan fingerprint density at radius 2 is 2.25 bits per heavy atom. The molecule has 1 amide bonds. The van der Waals surface area contributed by atoms with Gasteiger partial charge in [0.05, 0.1) is 11.9 Å². The first-order valence-corrected chi connectivity index (χ1v) is 4.81. The zero-order chi connectivity index (χ0) is 11.0. The Bertz CT molecular complexity index is 534. The van der Waals surface area contributed by atoms with Crippen molar-refractivity contribution in [2.45, 2.75) is 0 Å². The van der Waals surface area contributed by atoms with E-state index in [4.69, 9.17) is 9.26 Å². The molecule has 0 fully saturated rings. The number of hydrogen-bond acceptors (Lipinski definition) is 4. The fourth-order valence-corrected chi connectivity index (χ4v) is 1.60. The average Bonchev–Trinajstić information content (AvgIpc) is 2.81. The van der Waals surface area contributed by atoms with Crippen molar-refractivity contribution in [3.05, 3.63) is 30.5 Å². The van der Waals surface area contributed by atoms with Gasteiger partial charge in [0.1, 0.15) is 5.75 Å². The quantitative estimate of drug-likeness (QED) is 0.787. The summed E-state index contributed by atoms with van der Waals surface area (Å²) in [6.45, 7) is 0.0641. The van der Waals surface area contributed by atoms with Crippen molar-refractivity contribution in [2.24, 2.45) is 0 Å². The Hall–Kier alpha value is -2.30. The van der Waals surface area contributed by atoms with Gasteiger partial charge in [0.25, 0.3) is 5.91 Å². The molecule has 0 unspecified atom stereocenters. The van der Waals surface area contributed by atoms with E-state index in [0.717, 1.165) is 5.56 Å². The zero-order valence-corrected chi connectivity index (χ0v) is 8.27. The first kappa shape index (κ1) is 8.96. The smallest absolute Gasteiger partial charge is 0.262 e. The van der Waals surface area contributed by atoms with Crippen molar-refractivity contribution in [1.29, 1.82) is 0 Å². The van der Waals surface area contributed by atoms with Gasteiger partial charge in [0, 0.05) is 11.6 Å². The number of anilines is 1. The molecule has 0 bridgehead atoms. The fraction of sp³-hybridized carbons (Fsp3) is 0.0909. The van der Waals surface area contributed by atoms with Gasteiger partial charge in [-0.3, -0.25) is 4.79 Å². The topological polar surface area (TPSA) is 64.4 Å². The monoisotopic (exact) mass is 216 g/mol. The third-order valence-corrected chi connectivity index (χ3v) is 2.33. The summed E-state index contributed by atoms with van der Waals surface area (Å²) in [7, 11) is 0. The van der Waals surface area contributed by atoms with Gasteiger partial charge in [-0.1, -0.05) is 5.16 Å². The van der Waals surface area contributed by atoms with Crippen LogP contribution in [0.2, 0.25) is 0 Å². The van der Waals surface area contributed by atoms with Crippen LogP contribution in [-0.2, 0) is 4.79 Å². The van der Waals surface area contributed by atoms with E-state index in [1.54, 1.807) is 24.4 Å². The SMILES string of the molecule is O=C1COc2ccc(-c3ccno3)cc2N1. The molecule has 0 radical (unpaired) electrons. The largest absolute Gasteiger partial charge is 0.482 e. The lowest BCUT2D eigenvalue weighted by Crippen LogP contribution is -2.25. The second-order valence-electron chi connectivity index (χ2n) is 3.42. The molecule has 0 saturated heterocycles. The van der Waals surface area contributed by atoms with Crippen LogP contribution in [0.5, 0.6) is 5.75 Å². The highest BCUT2D eigenvalue weighted by Crippen LogP contribution is 2.32. The minimum absolute atomic E-state index is 0.0641. The van der Waals surface area contributed by atoms with E-state index >= 15 is 0 Å². The van der Waals surface area contributed by atoms with E-state index in [-0.39, 0.29) is 12.5 Å². The Morgan fingerprint density at radius 3 is 3.06 bits per heavy atom. The molecule has 1 N–H and O–H groups in total. The maximum atomic E-state index is 11.2. The van der Waals surface area contributed by atoms with Gasteiger partial charge in [-0.15, -0.1) is 0 Å². The van der Waals surface area contributed by atoms with Crippen molar-refractivity contribution in [3.63, 3.8) is 0 Å². The van der Waals surface area contributed by atoms with E-state index in [1.165, 1.54) is 0 Å². The van der Waals surface area contributed by atoms with E-state index in [9.17, 15) is 4.79 Å². The van der Waals surface area contributed by atoms with Crippen LogP contribution in [0, 0.1) is 0 Å². The Labute approximate surface area is 91.0 Å². The minimum atomic E-state index is -0.151. The number of aromatic nitrogens is 1. The molecule has 80 valence electrons. The standard InChI is InChI=1S/C11H8N2O3/c14-11-6-15-10-2-1-7(5-8(10)13-11)9-3-4-12-16-9/h1-5H,6H2,(H,13,14). The lowest BCUT2D eigenvalue weighted by Gasteiger charge is -2.17. The van der Waals surface area contributed by atoms with E-state index < -0.39 is 0 Å². The summed E-state index contributed by atoms with van der Waals surface area (Å²) in [5.74, 6) is 1.17. The summed E-state index contributed by atoms with van der Waals surface area (Å²) in [5, 5.41) is 6.37. The highest BCUT2D eigenvalue weighted by atomic mass is 16.5. The Balaban J connectivity index is 2.04. The third-order valence-electron chi connectivity index (χ3n) is 2.33. The average molecular weight is 216 g/mol. The summed E-state index contributed by atoms with van der Waals surface area (Å²) in [5.41, 5.74) is 1.51. The van der Waals surface area contributed by atoms with Crippen molar-refractivity contribution in [2.75, 3.05) is 11.9 Å². The van der Waals surface area contributed by atoms with Crippen LogP contribution in [0.25, 0.3) is 11.3 Å². The molecule has 1 aliphatic heterocycles. The second-order valence-corrected chi connectivity index (χ2v) is 3.42. The molecule has 0 aliphatic carbocycles. The summed E-state index contributed by atoms with van der Waals surface area (Å²) in [6, 6.07) is 7.21. The molecule has 2 aromatic rings. The lowest BCUT2D eigenvalue weighted by atomic mass is 10.1. The van der Waals surface area contributed by atoms with E-state index in [2.05, 4.69) is 10.5 Å². The van der Waals surface area contributed by atoms with Crippen LogP contribution in [-0.4, -0.2) is 17.7 Å². The molecule has 1 aliphatic rings. The van der Waals surface area contributed by atoms with Gasteiger partial charge in [0.2, 0.25) is 0 Å². The number of carbonyl (C=O) groups is 1. The minimum Gasteiger partial charge on any atom is -0.482 e. The van der Waals surface area contributed by atoms with Crippen molar-refractivity contribution < 1.29 is 14.1 Å². The van der Waals surface area contributed by atoms with Gasteiger partial charge < -0.3 is 14.6 Å². The molecular weight excluding hydrogens is 208 g/mol. The predicted molar refractivity (Wildman–Crippen MR) is 56.1 cm³/mol. The van der Waals surface area contributed by atoms with Crippen LogP contribution < -0.4 is 10.1 Å². The van der Waals surface area contributed by atoms with Gasteiger partial charge >= 0.3 is 0 Å². The number of ether oxygens (including phenoxy) is 1. The third kappa shape index (κ3) is 1.42. The molecule has 5 nitrogen and oxygen atoms in total. The van der Waals surface area contributed by atoms with Gasteiger partial charge in [-0.25, -0.2) is 0 Å². The summed E-state index contributed by atoms with van der Waals surface area (Å²) < 4.78 is 10.3. The number of fused-ring (bicyclic) bond motifs is 1. The van der Waals surface area contributed by atoms with Gasteiger partial charge in [0.15, 0.2) is 12.4 Å². The number of carbonyl (C=O) groups excluding carboxylic acids is 1. The summed E-state index contributed by atoms with van der Waals surface area (Å²) in [4.78, 5) is 11.2. The van der Waals surface area contributed by atoms with Crippen LogP contribution in [0.4, 0.5) is 5.69 Å². The highest BCUT2D eigenvalue weighted by molar-refractivity contribution is 5.96. The van der Waals surface area contributed by atoms with E-state index in [1.807, 2.05) is 6.07 Å². The number of hydrogen-bond donors (Lipinski definition) is 1. The molecular formula is C11H8N2O3. The number of nitrogens with zero attached hydrogens (tertiary/aromatic N) is 1. The molecule has 2 heterocycles. The number of rotatable bonds is 1. The predicted octanol–water partition coefficient (Wildman–Crippen LogP) is 1.67. The molecule has 0 spiro atoms. The van der Waals surface area contributed by atoms with E-state index in [0.29, 0.717) is 17.2 Å². The van der Waals surface area contributed by atoms with Crippen LogP contribution >= 0.6 is 0 Å². The Morgan fingerprint density at radius 1 is 1.31 bits per heavy atom. The van der Waals surface area contributed by atoms with Crippen LogP contribution in [0.15, 0.2) is 35.0 Å². The van der Waals surface area contributed by atoms with Gasteiger partial charge in [-0.05, 0) is 18.2 Å². The molecule has 1 aromatic carbocycles. The van der Waals surface area contributed by atoms with Crippen molar-refractivity contribution in [3.8, 4) is 17.1 Å². The van der Waals surface area contributed by atoms with Crippen molar-refractivity contribution >= 4 is 11.6 Å². The van der Waals surface area contributed by atoms with Crippen LogP contribution in [0.3, 0.4) is 0 Å². The maximum Gasteiger partial charge on any atom is 0.262 e. The summed E-state index contributed by atoms with van der Waals surface area (Å²) >= 11 is 0. The normalized spacial score (nSPS) is 13.9. The molecule has 1 aromatic heterocycles. The Kier molecular flexibility index (Phi) is 1.89. The van der Waals surface area contributed by atoms with Crippen molar-refractivity contribution in [1.82, 2.24) is 5.16 Å². The molecule has 3 rings (SSSR count). The first-order chi connectivity index (χ1) is 7.83. The lowest BCUT2D eigenvalue weighted by molar-refractivity contribution is -0.118. The second kappa shape index (κ2) is 3.37. The molecule has 5 heteroatoms. The molecule has 0 atom stereocenters.